The van der Waals surface area contributed by atoms with Gasteiger partial charge in [-0.3, -0.25) is 0 Å². The van der Waals surface area contributed by atoms with Crippen molar-refractivity contribution in [1.29, 1.82) is 0 Å². The van der Waals surface area contributed by atoms with Gasteiger partial charge in [0.2, 0.25) is 0 Å². The number of para-hydroxylation sites is 5. The van der Waals surface area contributed by atoms with Gasteiger partial charge in [0.1, 0.15) is 0 Å². The second-order valence-electron chi connectivity index (χ2n) is 13.0. The fourth-order valence-corrected chi connectivity index (χ4v) is 7.88. The van der Waals surface area contributed by atoms with Crippen molar-refractivity contribution in [2.75, 3.05) is 4.90 Å². The van der Waals surface area contributed by atoms with E-state index < -0.39 is 0 Å². The highest BCUT2D eigenvalue weighted by Crippen LogP contribution is 2.42. The van der Waals surface area contributed by atoms with Crippen LogP contribution in [0.5, 0.6) is 0 Å². The summed E-state index contributed by atoms with van der Waals surface area (Å²) in [7, 11) is 0. The highest BCUT2D eigenvalue weighted by molar-refractivity contribution is 6.16. The van der Waals surface area contributed by atoms with Crippen molar-refractivity contribution in [3.8, 4) is 22.5 Å². The summed E-state index contributed by atoms with van der Waals surface area (Å²) in [6, 6.07) is 72.0. The van der Waals surface area contributed by atoms with Crippen molar-refractivity contribution in [2.45, 2.75) is 0 Å². The molecule has 10 rings (SSSR count). The molecule has 0 N–H and O–H groups in total. The van der Waals surface area contributed by atoms with Crippen LogP contribution in [-0.2, 0) is 0 Å². The average Bonchev–Trinajstić information content (AvgIpc) is 3.72. The van der Waals surface area contributed by atoms with E-state index in [0.717, 1.165) is 28.4 Å². The Hall–Kier alpha value is -6.84. The molecule has 0 atom stereocenters. The third-order valence-corrected chi connectivity index (χ3v) is 10.1. The van der Waals surface area contributed by atoms with Crippen LogP contribution in [0.2, 0.25) is 0 Å². The van der Waals surface area contributed by atoms with Crippen molar-refractivity contribution in [1.82, 2.24) is 9.13 Å². The molecule has 0 aliphatic carbocycles. The summed E-state index contributed by atoms with van der Waals surface area (Å²) in [4.78, 5) is 2.36. The van der Waals surface area contributed by atoms with Crippen LogP contribution in [0.1, 0.15) is 0 Å². The molecule has 0 fully saturated rings. The van der Waals surface area contributed by atoms with E-state index in [1.807, 2.05) is 0 Å². The van der Waals surface area contributed by atoms with E-state index in [1.54, 1.807) is 0 Å². The van der Waals surface area contributed by atoms with Gasteiger partial charge < -0.3 is 14.0 Å². The summed E-state index contributed by atoms with van der Waals surface area (Å²) in [6.45, 7) is 0. The monoisotopic (exact) mass is 651 g/mol. The van der Waals surface area contributed by atoms with Crippen LogP contribution in [-0.4, -0.2) is 9.13 Å². The number of nitrogens with zero attached hydrogens (tertiary/aromatic N) is 3. The van der Waals surface area contributed by atoms with Gasteiger partial charge in [-0.1, -0.05) is 121 Å². The van der Waals surface area contributed by atoms with Gasteiger partial charge in [-0.2, -0.15) is 0 Å². The standard InChI is InChI=1S/C48H33N3/c1-4-15-35(16-5-1)49(39-31-32-42-41-21-10-12-24-44(41)51(47(42)33-39)37-19-8-3-9-20-37)38-29-27-34(28-30-38)40-23-14-26-46-48(40)43-22-11-13-25-45(43)50(46)36-17-6-2-7-18-36/h1-33H. The van der Waals surface area contributed by atoms with Gasteiger partial charge in [0, 0.05) is 50.0 Å². The van der Waals surface area contributed by atoms with Gasteiger partial charge in [-0.25, -0.2) is 0 Å². The van der Waals surface area contributed by atoms with Gasteiger partial charge in [0.25, 0.3) is 0 Å². The van der Waals surface area contributed by atoms with Gasteiger partial charge in [-0.15, -0.1) is 0 Å². The zero-order chi connectivity index (χ0) is 33.7. The van der Waals surface area contributed by atoms with E-state index in [9.17, 15) is 0 Å². The van der Waals surface area contributed by atoms with Crippen LogP contribution in [0.3, 0.4) is 0 Å². The minimum atomic E-state index is 1.10. The van der Waals surface area contributed by atoms with Gasteiger partial charge in [-0.05, 0) is 90.0 Å². The predicted octanol–water partition coefficient (Wildman–Crippen LogP) is 13.0. The maximum atomic E-state index is 2.38. The van der Waals surface area contributed by atoms with Crippen molar-refractivity contribution in [3.05, 3.63) is 200 Å². The Bertz CT molecular complexity index is 2830. The van der Waals surface area contributed by atoms with E-state index >= 15 is 0 Å². The van der Waals surface area contributed by atoms with Crippen LogP contribution in [0.25, 0.3) is 66.1 Å². The van der Waals surface area contributed by atoms with Crippen LogP contribution in [0.15, 0.2) is 200 Å². The molecule has 8 aromatic carbocycles. The van der Waals surface area contributed by atoms with Crippen molar-refractivity contribution >= 4 is 60.7 Å². The highest BCUT2D eigenvalue weighted by atomic mass is 15.1. The molecule has 0 aliphatic rings. The lowest BCUT2D eigenvalue weighted by Crippen LogP contribution is -2.10. The predicted molar refractivity (Wildman–Crippen MR) is 215 cm³/mol. The highest BCUT2D eigenvalue weighted by Gasteiger charge is 2.19. The average molecular weight is 652 g/mol. The molecular formula is C48H33N3. The fraction of sp³-hybridized carbons (Fsp3) is 0. The summed E-state index contributed by atoms with van der Waals surface area (Å²) in [6.07, 6.45) is 0. The lowest BCUT2D eigenvalue weighted by molar-refractivity contribution is 1.18. The van der Waals surface area contributed by atoms with Crippen LogP contribution in [0.4, 0.5) is 17.1 Å². The molecule has 51 heavy (non-hydrogen) atoms. The Morgan fingerprint density at radius 2 is 0.804 bits per heavy atom. The normalized spacial score (nSPS) is 11.5. The third-order valence-electron chi connectivity index (χ3n) is 10.1. The number of aromatic nitrogens is 2. The van der Waals surface area contributed by atoms with Crippen LogP contribution < -0.4 is 4.90 Å². The Labute approximate surface area is 296 Å². The lowest BCUT2D eigenvalue weighted by atomic mass is 9.99. The first kappa shape index (κ1) is 29.1. The molecule has 2 heterocycles. The van der Waals surface area contributed by atoms with Gasteiger partial charge in [0.05, 0.1) is 22.1 Å². The van der Waals surface area contributed by atoms with Crippen molar-refractivity contribution in [2.24, 2.45) is 0 Å². The first-order chi connectivity index (χ1) is 25.3. The third kappa shape index (κ3) is 4.74. The first-order valence-corrected chi connectivity index (χ1v) is 17.5. The Morgan fingerprint density at radius 1 is 0.314 bits per heavy atom. The number of anilines is 3. The quantitative estimate of drug-likeness (QED) is 0.174. The summed E-state index contributed by atoms with van der Waals surface area (Å²) in [5.74, 6) is 0. The molecule has 0 radical (unpaired) electrons. The number of hydrogen-bond acceptors (Lipinski definition) is 1. The summed E-state index contributed by atoms with van der Waals surface area (Å²) < 4.78 is 4.76. The molecule has 10 aromatic rings. The number of rotatable bonds is 6. The lowest BCUT2D eigenvalue weighted by Gasteiger charge is -2.26. The number of hydrogen-bond donors (Lipinski definition) is 0. The molecule has 0 saturated heterocycles. The maximum Gasteiger partial charge on any atom is 0.0561 e. The molecule has 240 valence electrons. The molecule has 0 bridgehead atoms. The second kappa shape index (κ2) is 11.9. The molecule has 3 nitrogen and oxygen atoms in total. The van der Waals surface area contributed by atoms with E-state index in [1.165, 1.54) is 54.7 Å². The minimum absolute atomic E-state index is 1.10. The van der Waals surface area contributed by atoms with E-state index in [2.05, 4.69) is 214 Å². The molecular weight excluding hydrogens is 619 g/mol. The summed E-state index contributed by atoms with van der Waals surface area (Å²) in [5, 5.41) is 5.01. The molecule has 0 saturated carbocycles. The van der Waals surface area contributed by atoms with E-state index in [-0.39, 0.29) is 0 Å². The van der Waals surface area contributed by atoms with E-state index in [4.69, 9.17) is 0 Å². The zero-order valence-corrected chi connectivity index (χ0v) is 27.9. The SMILES string of the molecule is c1ccc(N(c2ccc(-c3cccc4c3c3ccccc3n4-c3ccccc3)cc2)c2ccc3c4ccccc4n(-c4ccccc4)c3c2)cc1. The molecule has 0 unspecified atom stereocenters. The minimum Gasteiger partial charge on any atom is -0.310 e. The van der Waals surface area contributed by atoms with E-state index in [0.29, 0.717) is 0 Å². The van der Waals surface area contributed by atoms with Crippen molar-refractivity contribution < 1.29 is 0 Å². The number of benzene rings is 8. The van der Waals surface area contributed by atoms with Crippen LogP contribution >= 0.6 is 0 Å². The molecule has 0 spiro atoms. The Kier molecular flexibility index (Phi) is 6.81. The van der Waals surface area contributed by atoms with Gasteiger partial charge in [0.15, 0.2) is 0 Å². The van der Waals surface area contributed by atoms with Crippen molar-refractivity contribution in [3.63, 3.8) is 0 Å². The molecule has 0 amide bonds. The molecule has 3 heteroatoms. The molecule has 0 aliphatic heterocycles. The first-order valence-electron chi connectivity index (χ1n) is 17.5. The van der Waals surface area contributed by atoms with Gasteiger partial charge >= 0.3 is 0 Å². The Balaban J connectivity index is 1.13. The van der Waals surface area contributed by atoms with Crippen LogP contribution in [0, 0.1) is 0 Å². The number of fused-ring (bicyclic) bond motifs is 6. The second-order valence-corrected chi connectivity index (χ2v) is 13.0. The fourth-order valence-electron chi connectivity index (χ4n) is 7.88. The zero-order valence-electron chi connectivity index (χ0n) is 27.9. The topological polar surface area (TPSA) is 13.1 Å². The Morgan fingerprint density at radius 3 is 1.49 bits per heavy atom. The maximum absolute atomic E-state index is 2.38. The molecule has 2 aromatic heterocycles. The largest absolute Gasteiger partial charge is 0.310 e. The summed E-state index contributed by atoms with van der Waals surface area (Å²) >= 11 is 0. The smallest absolute Gasteiger partial charge is 0.0561 e. The summed E-state index contributed by atoms with van der Waals surface area (Å²) in [5.41, 5.74) is 12.8.